The lowest BCUT2D eigenvalue weighted by Crippen LogP contribution is -2.13. The van der Waals surface area contributed by atoms with Crippen LogP contribution < -0.4 is 15.2 Å². The average molecular weight is 347 g/mol. The maximum Gasteiger partial charge on any atom is 0.263 e. The summed E-state index contributed by atoms with van der Waals surface area (Å²) < 4.78 is 32.4. The first kappa shape index (κ1) is 16.1. The standard InChI is InChI=1S/C13H15ClN2O3S2/c1-8-13(6-10(7-15)20-8)21(17,18)16-9-3-4-11(14)12(5-9)19-2/h3-6,16H,7,15H2,1-2H3. The Balaban J connectivity index is 2.35. The van der Waals surface area contributed by atoms with E-state index in [9.17, 15) is 8.42 Å². The molecule has 0 radical (unpaired) electrons. The zero-order valence-electron chi connectivity index (χ0n) is 11.5. The van der Waals surface area contributed by atoms with E-state index in [1.165, 1.54) is 24.5 Å². The molecule has 2 rings (SSSR count). The molecule has 8 heteroatoms. The minimum atomic E-state index is -3.66. The van der Waals surface area contributed by atoms with Crippen molar-refractivity contribution in [2.24, 2.45) is 5.73 Å². The molecule has 0 saturated heterocycles. The highest BCUT2D eigenvalue weighted by molar-refractivity contribution is 7.93. The van der Waals surface area contributed by atoms with Crippen molar-refractivity contribution in [3.05, 3.63) is 39.0 Å². The number of nitrogens with two attached hydrogens (primary N) is 1. The highest BCUT2D eigenvalue weighted by atomic mass is 35.5. The van der Waals surface area contributed by atoms with Gasteiger partial charge in [0, 0.05) is 22.4 Å². The fraction of sp³-hybridized carbons (Fsp3) is 0.231. The van der Waals surface area contributed by atoms with E-state index in [4.69, 9.17) is 22.1 Å². The van der Waals surface area contributed by atoms with E-state index < -0.39 is 10.0 Å². The summed E-state index contributed by atoms with van der Waals surface area (Å²) in [5.41, 5.74) is 5.93. The maximum absolute atomic E-state index is 12.4. The lowest BCUT2D eigenvalue weighted by Gasteiger charge is -2.10. The molecular weight excluding hydrogens is 332 g/mol. The van der Waals surface area contributed by atoms with Gasteiger partial charge in [-0.15, -0.1) is 11.3 Å². The molecular formula is C13H15ClN2O3S2. The zero-order chi connectivity index (χ0) is 15.6. The van der Waals surface area contributed by atoms with Crippen molar-refractivity contribution in [1.82, 2.24) is 0 Å². The lowest BCUT2D eigenvalue weighted by atomic mass is 10.3. The second kappa shape index (κ2) is 6.23. The van der Waals surface area contributed by atoms with Crippen molar-refractivity contribution < 1.29 is 13.2 Å². The van der Waals surface area contributed by atoms with Crippen LogP contribution in [0.25, 0.3) is 0 Å². The molecule has 1 aromatic carbocycles. The molecule has 2 aromatic rings. The molecule has 0 saturated carbocycles. The predicted octanol–water partition coefficient (Wildman–Crippen LogP) is 2.98. The number of hydrogen-bond donors (Lipinski definition) is 2. The number of rotatable bonds is 5. The molecule has 1 aromatic heterocycles. The van der Waals surface area contributed by atoms with Gasteiger partial charge in [0.2, 0.25) is 0 Å². The van der Waals surface area contributed by atoms with Crippen LogP contribution in [-0.4, -0.2) is 15.5 Å². The van der Waals surface area contributed by atoms with E-state index in [1.54, 1.807) is 25.1 Å². The van der Waals surface area contributed by atoms with Crippen LogP contribution in [0, 0.1) is 6.92 Å². The molecule has 0 spiro atoms. The topological polar surface area (TPSA) is 81.4 Å². The van der Waals surface area contributed by atoms with Crippen LogP contribution in [0.3, 0.4) is 0 Å². The first-order chi connectivity index (χ1) is 9.87. The fourth-order valence-electron chi connectivity index (χ4n) is 1.83. The van der Waals surface area contributed by atoms with E-state index in [0.29, 0.717) is 27.9 Å². The number of methoxy groups -OCH3 is 1. The van der Waals surface area contributed by atoms with E-state index in [-0.39, 0.29) is 4.90 Å². The molecule has 0 aliphatic carbocycles. The number of aryl methyl sites for hydroxylation is 1. The Morgan fingerprint density at radius 2 is 2.10 bits per heavy atom. The summed E-state index contributed by atoms with van der Waals surface area (Å²) in [6.45, 7) is 2.07. The van der Waals surface area contributed by atoms with Gasteiger partial charge in [0.25, 0.3) is 10.0 Å². The largest absolute Gasteiger partial charge is 0.495 e. The number of anilines is 1. The van der Waals surface area contributed by atoms with Crippen molar-refractivity contribution in [3.63, 3.8) is 0 Å². The summed E-state index contributed by atoms with van der Waals surface area (Å²) in [4.78, 5) is 1.76. The molecule has 0 fully saturated rings. The Hall–Kier alpha value is -1.28. The molecule has 5 nitrogen and oxygen atoms in total. The summed E-state index contributed by atoms with van der Waals surface area (Å²) in [6, 6.07) is 6.28. The number of benzene rings is 1. The van der Waals surface area contributed by atoms with Gasteiger partial charge in [-0.1, -0.05) is 11.6 Å². The van der Waals surface area contributed by atoms with Gasteiger partial charge in [0.1, 0.15) is 10.6 Å². The highest BCUT2D eigenvalue weighted by Gasteiger charge is 2.20. The number of thiophene rings is 1. The fourth-order valence-corrected chi connectivity index (χ4v) is 4.58. The third-order valence-corrected chi connectivity index (χ3v) is 5.84. The van der Waals surface area contributed by atoms with E-state index in [1.807, 2.05) is 0 Å². The first-order valence-electron chi connectivity index (χ1n) is 6.03. The predicted molar refractivity (Wildman–Crippen MR) is 85.8 cm³/mol. The smallest absolute Gasteiger partial charge is 0.263 e. The van der Waals surface area contributed by atoms with Crippen molar-refractivity contribution >= 4 is 38.6 Å². The number of hydrogen-bond acceptors (Lipinski definition) is 5. The molecule has 0 amide bonds. The minimum absolute atomic E-state index is 0.238. The van der Waals surface area contributed by atoms with Crippen LogP contribution >= 0.6 is 22.9 Å². The Labute approximate surface area is 132 Å². The van der Waals surface area contributed by atoms with Crippen LogP contribution in [0.2, 0.25) is 5.02 Å². The van der Waals surface area contributed by atoms with E-state index >= 15 is 0 Å². The van der Waals surface area contributed by atoms with E-state index in [0.717, 1.165) is 4.88 Å². The Morgan fingerprint density at radius 3 is 2.67 bits per heavy atom. The SMILES string of the molecule is COc1cc(NS(=O)(=O)c2cc(CN)sc2C)ccc1Cl. The van der Waals surface area contributed by atoms with Crippen LogP contribution in [0.4, 0.5) is 5.69 Å². The number of halogens is 1. The normalized spacial score (nSPS) is 11.4. The number of nitrogens with one attached hydrogen (secondary N) is 1. The van der Waals surface area contributed by atoms with Crippen LogP contribution in [-0.2, 0) is 16.6 Å². The second-order valence-corrected chi connectivity index (χ2v) is 7.69. The Kier molecular flexibility index (Phi) is 4.77. The maximum atomic E-state index is 12.4. The monoisotopic (exact) mass is 346 g/mol. The summed E-state index contributed by atoms with van der Waals surface area (Å²) >= 11 is 7.29. The third-order valence-electron chi connectivity index (χ3n) is 2.82. The van der Waals surface area contributed by atoms with E-state index in [2.05, 4.69) is 4.72 Å². The molecule has 0 aliphatic heterocycles. The number of ether oxygens (including phenoxy) is 1. The first-order valence-corrected chi connectivity index (χ1v) is 8.71. The van der Waals surface area contributed by atoms with Gasteiger partial charge in [-0.2, -0.15) is 0 Å². The Morgan fingerprint density at radius 1 is 1.38 bits per heavy atom. The van der Waals surface area contributed by atoms with Crippen molar-refractivity contribution in [2.45, 2.75) is 18.4 Å². The summed E-state index contributed by atoms with van der Waals surface area (Å²) in [5.74, 6) is 0.404. The van der Waals surface area contributed by atoms with Crippen LogP contribution in [0.15, 0.2) is 29.2 Å². The zero-order valence-corrected chi connectivity index (χ0v) is 13.9. The summed E-state index contributed by atoms with van der Waals surface area (Å²) in [6.07, 6.45) is 0. The third kappa shape index (κ3) is 3.49. The Bertz CT molecular complexity index is 757. The lowest BCUT2D eigenvalue weighted by molar-refractivity contribution is 0.415. The molecule has 3 N–H and O–H groups in total. The molecule has 1 heterocycles. The minimum Gasteiger partial charge on any atom is -0.495 e. The van der Waals surface area contributed by atoms with Crippen LogP contribution in [0.1, 0.15) is 9.75 Å². The van der Waals surface area contributed by atoms with Crippen molar-refractivity contribution in [3.8, 4) is 5.75 Å². The number of sulfonamides is 1. The molecule has 0 bridgehead atoms. The molecule has 21 heavy (non-hydrogen) atoms. The molecule has 0 atom stereocenters. The highest BCUT2D eigenvalue weighted by Crippen LogP contribution is 2.30. The van der Waals surface area contributed by atoms with Gasteiger partial charge >= 0.3 is 0 Å². The molecule has 0 unspecified atom stereocenters. The van der Waals surface area contributed by atoms with Gasteiger partial charge in [0.15, 0.2) is 0 Å². The summed E-state index contributed by atoms with van der Waals surface area (Å²) in [7, 11) is -2.20. The molecule has 114 valence electrons. The average Bonchev–Trinajstić information content (AvgIpc) is 2.83. The van der Waals surface area contributed by atoms with Crippen molar-refractivity contribution in [1.29, 1.82) is 0 Å². The van der Waals surface area contributed by atoms with Gasteiger partial charge in [-0.25, -0.2) is 8.42 Å². The quantitative estimate of drug-likeness (QED) is 0.872. The van der Waals surface area contributed by atoms with Gasteiger partial charge in [0.05, 0.1) is 17.8 Å². The van der Waals surface area contributed by atoms with Gasteiger partial charge in [-0.3, -0.25) is 4.72 Å². The van der Waals surface area contributed by atoms with Gasteiger partial charge in [-0.05, 0) is 25.1 Å². The van der Waals surface area contributed by atoms with Crippen LogP contribution in [0.5, 0.6) is 5.75 Å². The molecule has 0 aliphatic rings. The summed E-state index contributed by atoms with van der Waals surface area (Å²) in [5, 5.41) is 0.414. The van der Waals surface area contributed by atoms with Gasteiger partial charge < -0.3 is 10.5 Å². The second-order valence-electron chi connectivity index (χ2n) is 4.29. The van der Waals surface area contributed by atoms with Crippen molar-refractivity contribution in [2.75, 3.05) is 11.8 Å².